The second-order valence-corrected chi connectivity index (χ2v) is 5.51. The molecule has 0 bridgehead atoms. The number of nitrogens with one attached hydrogen (secondary N) is 1. The molecule has 0 atom stereocenters. The number of carbonyl (C=O) groups is 1. The number of aromatic carboxylic acids is 1. The van der Waals surface area contributed by atoms with Crippen molar-refractivity contribution in [1.82, 2.24) is 4.72 Å². The Labute approximate surface area is 109 Å². The van der Waals surface area contributed by atoms with Gasteiger partial charge in [-0.3, -0.25) is 0 Å². The van der Waals surface area contributed by atoms with Crippen molar-refractivity contribution in [2.24, 2.45) is 0 Å². The first-order valence-electron chi connectivity index (χ1n) is 5.50. The zero-order valence-corrected chi connectivity index (χ0v) is 10.9. The van der Waals surface area contributed by atoms with E-state index < -0.39 is 38.1 Å². The molecule has 0 aromatic heterocycles. The fourth-order valence-electron chi connectivity index (χ4n) is 1.39. The van der Waals surface area contributed by atoms with Gasteiger partial charge in [-0.15, -0.1) is 0 Å². The molecule has 0 aliphatic heterocycles. The van der Waals surface area contributed by atoms with E-state index in [0.717, 1.165) is 6.42 Å². The van der Waals surface area contributed by atoms with Crippen LogP contribution in [0.25, 0.3) is 0 Å². The monoisotopic (exact) mass is 292 g/mol. The smallest absolute Gasteiger partial charge is 0.243 e. The Kier molecular flexibility index (Phi) is 4.96. The summed E-state index contributed by atoms with van der Waals surface area (Å²) in [6.45, 7) is 1.91. The van der Waals surface area contributed by atoms with Crippen molar-refractivity contribution < 1.29 is 27.1 Å². The lowest BCUT2D eigenvalue weighted by Gasteiger charge is -2.11. The molecule has 0 radical (unpaired) electrons. The second kappa shape index (κ2) is 6.07. The highest BCUT2D eigenvalue weighted by molar-refractivity contribution is 7.89. The van der Waals surface area contributed by atoms with Gasteiger partial charge in [0.15, 0.2) is 5.82 Å². The molecule has 0 fully saturated rings. The molecule has 0 saturated carbocycles. The van der Waals surface area contributed by atoms with Crippen molar-refractivity contribution in [3.8, 4) is 0 Å². The molecule has 0 aliphatic rings. The van der Waals surface area contributed by atoms with Crippen molar-refractivity contribution in [3.05, 3.63) is 29.3 Å². The van der Waals surface area contributed by atoms with Crippen LogP contribution in [0.15, 0.2) is 17.0 Å². The van der Waals surface area contributed by atoms with Gasteiger partial charge in [0, 0.05) is 6.54 Å². The van der Waals surface area contributed by atoms with Crippen LogP contribution in [0.3, 0.4) is 0 Å². The van der Waals surface area contributed by atoms with Crippen LogP contribution in [-0.4, -0.2) is 20.9 Å². The van der Waals surface area contributed by atoms with Crippen LogP contribution in [0.5, 0.6) is 0 Å². The normalized spacial score (nSPS) is 11.5. The molecule has 1 aromatic rings. The van der Waals surface area contributed by atoms with Crippen molar-refractivity contribution in [2.75, 3.05) is 6.54 Å². The Hall–Kier alpha value is -1.54. The molecule has 0 saturated heterocycles. The van der Waals surface area contributed by atoms with Gasteiger partial charge >= 0.3 is 0 Å². The zero-order chi connectivity index (χ0) is 14.6. The standard InChI is InChI=1S/C11H13F2NO4S/c1-2-3-6-14-19(17,18)8-5-4-7(12)9(10(8)13)11(15)16/h4-5,14H,2-3,6H2,1H3,(H,15,16)/p-1. The van der Waals surface area contributed by atoms with Crippen molar-refractivity contribution in [2.45, 2.75) is 24.7 Å². The maximum atomic E-state index is 13.7. The third-order valence-electron chi connectivity index (χ3n) is 2.37. The molecule has 0 amide bonds. The van der Waals surface area contributed by atoms with Crippen molar-refractivity contribution >= 4 is 16.0 Å². The highest BCUT2D eigenvalue weighted by Gasteiger charge is 2.23. The number of carboxylic acid groups (broad SMARTS) is 1. The molecule has 1 rings (SSSR count). The number of unbranched alkanes of at least 4 members (excludes halogenated alkanes) is 1. The quantitative estimate of drug-likeness (QED) is 0.769. The maximum Gasteiger partial charge on any atom is 0.243 e. The summed E-state index contributed by atoms with van der Waals surface area (Å²) in [6.07, 6.45) is 1.26. The molecule has 0 aliphatic carbocycles. The fourth-order valence-corrected chi connectivity index (χ4v) is 2.54. The largest absolute Gasteiger partial charge is 0.545 e. The van der Waals surface area contributed by atoms with Gasteiger partial charge in [0.25, 0.3) is 0 Å². The number of carboxylic acids is 1. The summed E-state index contributed by atoms with van der Waals surface area (Å²) >= 11 is 0. The number of rotatable bonds is 6. The number of hydrogen-bond donors (Lipinski definition) is 1. The van der Waals surface area contributed by atoms with Crippen LogP contribution in [0.4, 0.5) is 8.78 Å². The molecule has 0 spiro atoms. The first-order chi connectivity index (χ1) is 8.81. The summed E-state index contributed by atoms with van der Waals surface area (Å²) in [5, 5.41) is 10.6. The van der Waals surface area contributed by atoms with E-state index in [-0.39, 0.29) is 6.54 Å². The van der Waals surface area contributed by atoms with Gasteiger partial charge in [-0.25, -0.2) is 21.9 Å². The maximum absolute atomic E-state index is 13.7. The third kappa shape index (κ3) is 3.48. The lowest BCUT2D eigenvalue weighted by molar-refractivity contribution is -0.255. The van der Waals surface area contributed by atoms with E-state index in [0.29, 0.717) is 18.6 Å². The van der Waals surface area contributed by atoms with Crippen molar-refractivity contribution in [3.63, 3.8) is 0 Å². The molecule has 1 aromatic carbocycles. The Morgan fingerprint density at radius 3 is 2.53 bits per heavy atom. The van der Waals surface area contributed by atoms with E-state index in [1.807, 2.05) is 6.92 Å². The summed E-state index contributed by atoms with van der Waals surface area (Å²) in [7, 11) is -4.22. The predicted molar refractivity (Wildman–Crippen MR) is 60.8 cm³/mol. The summed E-state index contributed by atoms with van der Waals surface area (Å²) < 4.78 is 52.4. The first kappa shape index (κ1) is 15.5. The fraction of sp³-hybridized carbons (Fsp3) is 0.364. The van der Waals surface area contributed by atoms with Gasteiger partial charge in [-0.2, -0.15) is 0 Å². The van der Waals surface area contributed by atoms with E-state index >= 15 is 0 Å². The number of sulfonamides is 1. The summed E-state index contributed by atoms with van der Waals surface area (Å²) in [4.78, 5) is 9.66. The average molecular weight is 292 g/mol. The van der Waals surface area contributed by atoms with Gasteiger partial charge in [0.1, 0.15) is 10.7 Å². The second-order valence-electron chi connectivity index (χ2n) is 3.77. The molecule has 106 valence electrons. The zero-order valence-electron chi connectivity index (χ0n) is 10.1. The molecule has 8 heteroatoms. The van der Waals surface area contributed by atoms with Gasteiger partial charge in [0.2, 0.25) is 10.0 Å². The number of benzene rings is 1. The van der Waals surface area contributed by atoms with Crippen LogP contribution in [0.2, 0.25) is 0 Å². The minimum absolute atomic E-state index is 0.0797. The van der Waals surface area contributed by atoms with Crippen molar-refractivity contribution in [1.29, 1.82) is 0 Å². The van der Waals surface area contributed by atoms with E-state index in [2.05, 4.69) is 4.72 Å². The Bertz CT molecular complexity index is 587. The molecule has 0 heterocycles. The highest BCUT2D eigenvalue weighted by atomic mass is 32.2. The molecular formula is C11H12F2NO4S-. The van der Waals surface area contributed by atoms with Crippen LogP contribution >= 0.6 is 0 Å². The van der Waals surface area contributed by atoms with Gasteiger partial charge in [0.05, 0.1) is 11.5 Å². The van der Waals surface area contributed by atoms with E-state index in [1.165, 1.54) is 0 Å². The summed E-state index contributed by atoms with van der Waals surface area (Å²) in [5.74, 6) is -5.16. The number of carbonyl (C=O) groups excluding carboxylic acids is 1. The topological polar surface area (TPSA) is 86.3 Å². The van der Waals surface area contributed by atoms with Crippen LogP contribution in [0, 0.1) is 11.6 Å². The highest BCUT2D eigenvalue weighted by Crippen LogP contribution is 2.20. The summed E-state index contributed by atoms with van der Waals surface area (Å²) in [6, 6.07) is 1.24. The predicted octanol–water partition coefficient (Wildman–Crippen LogP) is 0.407. The lowest BCUT2D eigenvalue weighted by atomic mass is 10.2. The molecule has 5 nitrogen and oxygen atoms in total. The minimum Gasteiger partial charge on any atom is -0.545 e. The van der Waals surface area contributed by atoms with Gasteiger partial charge in [-0.05, 0) is 18.6 Å². The lowest BCUT2D eigenvalue weighted by Crippen LogP contribution is -2.29. The number of hydrogen-bond acceptors (Lipinski definition) is 4. The molecular weight excluding hydrogens is 280 g/mol. The molecule has 19 heavy (non-hydrogen) atoms. The minimum atomic E-state index is -4.22. The van der Waals surface area contributed by atoms with Gasteiger partial charge < -0.3 is 9.90 Å². The van der Waals surface area contributed by atoms with E-state index in [1.54, 1.807) is 0 Å². The van der Waals surface area contributed by atoms with Crippen LogP contribution in [-0.2, 0) is 10.0 Å². The van der Waals surface area contributed by atoms with Gasteiger partial charge in [-0.1, -0.05) is 13.3 Å². The van der Waals surface area contributed by atoms with Crippen LogP contribution < -0.4 is 9.83 Å². The van der Waals surface area contributed by atoms with Crippen LogP contribution in [0.1, 0.15) is 30.1 Å². The molecule has 1 N–H and O–H groups in total. The van der Waals surface area contributed by atoms with E-state index in [4.69, 9.17) is 0 Å². The van der Waals surface area contributed by atoms with E-state index in [9.17, 15) is 27.1 Å². The number of halogens is 2. The summed E-state index contributed by atoms with van der Waals surface area (Å²) in [5.41, 5.74) is -1.39. The Morgan fingerprint density at radius 2 is 2.00 bits per heavy atom. The Morgan fingerprint density at radius 1 is 1.37 bits per heavy atom. The average Bonchev–Trinajstić information content (AvgIpc) is 2.28. The SMILES string of the molecule is CCCCNS(=O)(=O)c1ccc(F)c(C(=O)[O-])c1F. The third-order valence-corrected chi connectivity index (χ3v) is 3.85. The first-order valence-corrected chi connectivity index (χ1v) is 6.98. The Balaban J connectivity index is 3.21. The molecule has 0 unspecified atom stereocenters.